The molecular formula is C11H8ClN5. The summed E-state index contributed by atoms with van der Waals surface area (Å²) in [4.78, 5) is 3.97. The molecule has 0 fully saturated rings. The third-order valence-corrected chi connectivity index (χ3v) is 2.61. The summed E-state index contributed by atoms with van der Waals surface area (Å²) in [6, 6.07) is 7.36. The van der Waals surface area contributed by atoms with Crippen LogP contribution in [0.1, 0.15) is 11.4 Å². The molecule has 0 bridgehead atoms. The Balaban J connectivity index is 2.03. The van der Waals surface area contributed by atoms with E-state index in [4.69, 9.17) is 11.6 Å². The van der Waals surface area contributed by atoms with E-state index in [9.17, 15) is 0 Å². The Labute approximate surface area is 102 Å². The number of hydrogen-bond acceptors (Lipinski definition) is 4. The molecule has 3 aromatic rings. The first-order chi connectivity index (χ1) is 8.33. The molecule has 0 saturated carbocycles. The van der Waals surface area contributed by atoms with Gasteiger partial charge in [0, 0.05) is 18.8 Å². The van der Waals surface area contributed by atoms with Crippen molar-refractivity contribution in [3.8, 4) is 0 Å². The van der Waals surface area contributed by atoms with E-state index >= 15 is 0 Å². The van der Waals surface area contributed by atoms with E-state index in [0.717, 1.165) is 11.4 Å². The van der Waals surface area contributed by atoms with Gasteiger partial charge in [0.15, 0.2) is 11.5 Å². The van der Waals surface area contributed by atoms with Crippen LogP contribution in [-0.4, -0.2) is 24.8 Å². The Kier molecular flexibility index (Phi) is 2.45. The van der Waals surface area contributed by atoms with Crippen molar-refractivity contribution >= 4 is 17.2 Å². The van der Waals surface area contributed by atoms with Crippen molar-refractivity contribution in [2.45, 2.75) is 6.42 Å². The summed E-state index contributed by atoms with van der Waals surface area (Å²) in [5.41, 5.74) is 1.80. The topological polar surface area (TPSA) is 56.0 Å². The van der Waals surface area contributed by atoms with E-state index in [0.29, 0.717) is 17.2 Å². The fourth-order valence-electron chi connectivity index (χ4n) is 1.60. The van der Waals surface area contributed by atoms with E-state index in [1.165, 1.54) is 0 Å². The molecule has 0 aliphatic heterocycles. The molecular weight excluding hydrogens is 238 g/mol. The molecule has 0 spiro atoms. The maximum Gasteiger partial charge on any atom is 0.178 e. The van der Waals surface area contributed by atoms with Gasteiger partial charge in [-0.1, -0.05) is 11.6 Å². The van der Waals surface area contributed by atoms with Crippen LogP contribution in [0.4, 0.5) is 0 Å². The fourth-order valence-corrected chi connectivity index (χ4v) is 1.74. The van der Waals surface area contributed by atoms with Gasteiger partial charge in [0.25, 0.3) is 0 Å². The van der Waals surface area contributed by atoms with E-state index in [-0.39, 0.29) is 0 Å². The Morgan fingerprint density at radius 1 is 1.06 bits per heavy atom. The zero-order chi connectivity index (χ0) is 11.7. The normalized spacial score (nSPS) is 10.9. The highest BCUT2D eigenvalue weighted by Gasteiger charge is 2.07. The van der Waals surface area contributed by atoms with Gasteiger partial charge < -0.3 is 0 Å². The number of rotatable bonds is 2. The van der Waals surface area contributed by atoms with Crippen LogP contribution < -0.4 is 0 Å². The summed E-state index contributed by atoms with van der Waals surface area (Å²) in [7, 11) is 0. The van der Waals surface area contributed by atoms with E-state index in [1.54, 1.807) is 29.0 Å². The predicted molar refractivity (Wildman–Crippen MR) is 62.8 cm³/mol. The Hall–Kier alpha value is -2.01. The van der Waals surface area contributed by atoms with Crippen LogP contribution >= 0.6 is 11.6 Å². The minimum absolute atomic E-state index is 0.424. The first kappa shape index (κ1) is 10.2. The number of pyridine rings is 1. The van der Waals surface area contributed by atoms with Crippen molar-refractivity contribution in [2.75, 3.05) is 0 Å². The fraction of sp³-hybridized carbons (Fsp3) is 0.0909. The van der Waals surface area contributed by atoms with Crippen LogP contribution in [0.3, 0.4) is 0 Å². The molecule has 0 aliphatic rings. The van der Waals surface area contributed by atoms with Crippen LogP contribution in [0.5, 0.6) is 0 Å². The second-order valence-electron chi connectivity index (χ2n) is 3.57. The third kappa shape index (κ3) is 1.97. The zero-order valence-electron chi connectivity index (χ0n) is 8.79. The maximum absolute atomic E-state index is 5.85. The first-order valence-corrected chi connectivity index (χ1v) is 5.46. The summed E-state index contributed by atoms with van der Waals surface area (Å²) >= 11 is 5.85. The summed E-state index contributed by atoms with van der Waals surface area (Å²) in [5, 5.41) is 12.7. The molecule has 0 unspecified atom stereocenters. The van der Waals surface area contributed by atoms with Crippen molar-refractivity contribution in [3.63, 3.8) is 0 Å². The molecule has 3 heterocycles. The minimum Gasteiger partial charge on any atom is -0.265 e. The van der Waals surface area contributed by atoms with Gasteiger partial charge in [-0.2, -0.15) is 9.61 Å². The second-order valence-corrected chi connectivity index (χ2v) is 3.96. The van der Waals surface area contributed by atoms with Gasteiger partial charge in [0.05, 0.1) is 0 Å². The molecule has 0 radical (unpaired) electrons. The molecule has 0 aromatic carbocycles. The smallest absolute Gasteiger partial charge is 0.178 e. The van der Waals surface area contributed by atoms with Gasteiger partial charge in [-0.05, 0) is 29.8 Å². The largest absolute Gasteiger partial charge is 0.265 e. The second kappa shape index (κ2) is 4.10. The van der Waals surface area contributed by atoms with Gasteiger partial charge in [0.2, 0.25) is 0 Å². The van der Waals surface area contributed by atoms with Gasteiger partial charge in [-0.3, -0.25) is 4.98 Å². The molecule has 5 nitrogen and oxygen atoms in total. The van der Waals surface area contributed by atoms with Crippen LogP contribution in [0.25, 0.3) is 5.65 Å². The van der Waals surface area contributed by atoms with Crippen molar-refractivity contribution in [3.05, 3.63) is 53.2 Å². The van der Waals surface area contributed by atoms with Crippen molar-refractivity contribution in [1.29, 1.82) is 0 Å². The van der Waals surface area contributed by atoms with E-state index in [1.807, 2.05) is 12.1 Å². The van der Waals surface area contributed by atoms with Gasteiger partial charge in [0.1, 0.15) is 5.15 Å². The van der Waals surface area contributed by atoms with Crippen molar-refractivity contribution in [1.82, 2.24) is 24.8 Å². The molecule has 3 rings (SSSR count). The standard InChI is InChI=1S/C11H8ClN5/c12-9-1-2-10-14-15-11(17(10)16-9)7-8-3-5-13-6-4-8/h1-6H,7H2. The van der Waals surface area contributed by atoms with Crippen LogP contribution in [0.2, 0.25) is 5.15 Å². The van der Waals surface area contributed by atoms with E-state index < -0.39 is 0 Å². The van der Waals surface area contributed by atoms with Crippen molar-refractivity contribution in [2.24, 2.45) is 0 Å². The lowest BCUT2D eigenvalue weighted by molar-refractivity contribution is 0.837. The van der Waals surface area contributed by atoms with Gasteiger partial charge in [-0.25, -0.2) is 0 Å². The maximum atomic E-state index is 5.85. The van der Waals surface area contributed by atoms with Crippen LogP contribution in [0.15, 0.2) is 36.7 Å². The molecule has 0 amide bonds. The summed E-state index contributed by atoms with van der Waals surface area (Å²) in [6.07, 6.45) is 4.15. The Bertz CT molecular complexity index is 649. The number of fused-ring (bicyclic) bond motifs is 1. The lowest BCUT2D eigenvalue weighted by Crippen LogP contribution is -2.00. The molecule has 0 N–H and O–H groups in total. The monoisotopic (exact) mass is 245 g/mol. The highest BCUT2D eigenvalue weighted by molar-refractivity contribution is 6.29. The predicted octanol–water partition coefficient (Wildman–Crippen LogP) is 1.76. The molecule has 17 heavy (non-hydrogen) atoms. The third-order valence-electron chi connectivity index (χ3n) is 2.41. The molecule has 3 aromatic heterocycles. The highest BCUT2D eigenvalue weighted by atomic mass is 35.5. The quantitative estimate of drug-likeness (QED) is 0.690. The van der Waals surface area contributed by atoms with Crippen LogP contribution in [-0.2, 0) is 6.42 Å². The summed E-state index contributed by atoms with van der Waals surface area (Å²) in [5.74, 6) is 0.758. The molecule has 84 valence electrons. The Morgan fingerprint density at radius 2 is 1.88 bits per heavy atom. The Morgan fingerprint density at radius 3 is 2.71 bits per heavy atom. The molecule has 6 heteroatoms. The summed E-state index contributed by atoms with van der Waals surface area (Å²) < 4.78 is 1.66. The average Bonchev–Trinajstić information content (AvgIpc) is 2.73. The van der Waals surface area contributed by atoms with Gasteiger partial charge in [-0.15, -0.1) is 10.2 Å². The van der Waals surface area contributed by atoms with E-state index in [2.05, 4.69) is 20.3 Å². The number of halogens is 1. The molecule has 0 aliphatic carbocycles. The minimum atomic E-state index is 0.424. The highest BCUT2D eigenvalue weighted by Crippen LogP contribution is 2.10. The average molecular weight is 246 g/mol. The summed E-state index contributed by atoms with van der Waals surface area (Å²) in [6.45, 7) is 0. The number of hydrogen-bond donors (Lipinski definition) is 0. The first-order valence-electron chi connectivity index (χ1n) is 5.09. The zero-order valence-corrected chi connectivity index (χ0v) is 9.54. The van der Waals surface area contributed by atoms with Gasteiger partial charge >= 0.3 is 0 Å². The number of nitrogens with zero attached hydrogens (tertiary/aromatic N) is 5. The number of aromatic nitrogens is 5. The molecule has 0 atom stereocenters. The van der Waals surface area contributed by atoms with Crippen LogP contribution in [0, 0.1) is 0 Å². The lowest BCUT2D eigenvalue weighted by atomic mass is 10.2. The molecule has 0 saturated heterocycles. The van der Waals surface area contributed by atoms with Crippen molar-refractivity contribution < 1.29 is 0 Å². The lowest BCUT2D eigenvalue weighted by Gasteiger charge is -1.99. The SMILES string of the molecule is Clc1ccc2nnc(Cc3ccncc3)n2n1.